The van der Waals surface area contributed by atoms with Crippen LogP contribution in [0.25, 0.3) is 0 Å². The van der Waals surface area contributed by atoms with Crippen molar-refractivity contribution in [3.8, 4) is 0 Å². The molecule has 2 N–H and O–H groups in total. The van der Waals surface area contributed by atoms with Gasteiger partial charge in [-0.15, -0.1) is 0 Å². The Balaban J connectivity index is 3.59. The minimum Gasteiger partial charge on any atom is -0.446 e. The highest BCUT2D eigenvalue weighted by molar-refractivity contribution is 6.74. The summed E-state index contributed by atoms with van der Waals surface area (Å²) in [5, 5.41) is 5.67. The third kappa shape index (κ3) is 13.9. The van der Waals surface area contributed by atoms with E-state index < -0.39 is 28.1 Å². The third-order valence-electron chi connectivity index (χ3n) is 3.55. The summed E-state index contributed by atoms with van der Waals surface area (Å²) >= 11 is 0. The summed E-state index contributed by atoms with van der Waals surface area (Å²) in [6.07, 6.45) is 1.87. The highest BCUT2D eigenvalue weighted by atomic mass is 28.4. The van der Waals surface area contributed by atoms with Crippen LogP contribution in [0.4, 0.5) is 0 Å². The minimum atomic E-state index is -1.69. The number of hydrogen-bond donors (Lipinski definition) is 2. The molecule has 0 aliphatic heterocycles. The van der Waals surface area contributed by atoms with Crippen LogP contribution in [0, 0.1) is 0 Å². The van der Waals surface area contributed by atoms with E-state index in [9.17, 15) is 9.59 Å². The van der Waals surface area contributed by atoms with Gasteiger partial charge in [-0.2, -0.15) is 0 Å². The molecule has 2 amide bonds. The second-order valence-electron chi connectivity index (χ2n) is 6.81. The molecule has 9 heteroatoms. The maximum absolute atomic E-state index is 11.4. The van der Waals surface area contributed by atoms with Crippen molar-refractivity contribution < 1.29 is 17.8 Å². The van der Waals surface area contributed by atoms with Crippen molar-refractivity contribution in [2.24, 2.45) is 0 Å². The lowest BCUT2D eigenvalue weighted by Crippen LogP contribution is -2.34. The van der Waals surface area contributed by atoms with E-state index in [1.165, 1.54) is 0 Å². The molecule has 0 aromatic heterocycles. The van der Waals surface area contributed by atoms with Crippen molar-refractivity contribution in [1.29, 1.82) is 0 Å². The molecule has 0 saturated carbocycles. The van der Waals surface area contributed by atoms with Crippen molar-refractivity contribution in [3.63, 3.8) is 0 Å². The van der Waals surface area contributed by atoms with Gasteiger partial charge < -0.3 is 18.9 Å². The molecule has 0 atom stereocenters. The first-order valence-corrected chi connectivity index (χ1v) is 14.6. The quantitative estimate of drug-likeness (QED) is 0.257. The van der Waals surface area contributed by atoms with Gasteiger partial charge in [-0.3, -0.25) is 9.59 Å². The number of amides is 2. The van der Waals surface area contributed by atoms with Gasteiger partial charge in [-0.1, -0.05) is 13.2 Å². The molecule has 0 rings (SSSR count). The number of carbonyl (C=O) groups is 2. The summed E-state index contributed by atoms with van der Waals surface area (Å²) < 4.78 is 11.8. The fourth-order valence-corrected chi connectivity index (χ4v) is 7.59. The Kier molecular flexibility index (Phi) is 12.7. The molecule has 0 aromatic carbocycles. The molecule has 0 aliphatic rings. The minimum absolute atomic E-state index is 0.0764. The molecule has 144 valence electrons. The molecule has 0 aliphatic carbocycles. The molecular weight excluding hydrogens is 368 g/mol. The van der Waals surface area contributed by atoms with E-state index in [0.717, 1.165) is 24.9 Å². The molecular formula is C16H34N2O4Si3. The SMILES string of the molecule is C=C(C)C(=O)NCCC[SiH2]O[SiH2]O[Si](C)(C)CCCNC(=O)C(=C)C. The lowest BCUT2D eigenvalue weighted by atomic mass is 10.3. The van der Waals surface area contributed by atoms with Crippen LogP contribution in [0.3, 0.4) is 0 Å². The van der Waals surface area contributed by atoms with Gasteiger partial charge in [0.05, 0.1) is 0 Å². The largest absolute Gasteiger partial charge is 0.446 e. The predicted molar refractivity (Wildman–Crippen MR) is 111 cm³/mol. The monoisotopic (exact) mass is 402 g/mol. The Labute approximate surface area is 158 Å². The molecule has 0 spiro atoms. The first-order chi connectivity index (χ1) is 11.7. The molecule has 0 fully saturated rings. The van der Waals surface area contributed by atoms with Crippen molar-refractivity contribution in [3.05, 3.63) is 24.3 Å². The molecule has 0 bridgehead atoms. The maximum atomic E-state index is 11.4. The number of carbonyl (C=O) groups excluding carboxylic acids is 2. The first kappa shape index (κ1) is 24.0. The zero-order chi connectivity index (χ0) is 19.3. The fraction of sp³-hybridized carbons (Fsp3) is 0.625. The summed E-state index contributed by atoms with van der Waals surface area (Å²) in [6, 6.07) is 2.05. The normalized spacial score (nSPS) is 12.0. The first-order valence-electron chi connectivity index (χ1n) is 8.75. The summed E-state index contributed by atoms with van der Waals surface area (Å²) in [5.74, 6) is -0.156. The van der Waals surface area contributed by atoms with Crippen LogP contribution < -0.4 is 10.6 Å². The van der Waals surface area contributed by atoms with Crippen LogP contribution in [0.2, 0.25) is 25.2 Å². The third-order valence-corrected chi connectivity index (χ3v) is 11.3. The van der Waals surface area contributed by atoms with E-state index in [2.05, 4.69) is 36.9 Å². The second kappa shape index (κ2) is 13.2. The standard InChI is InChI=1S/C16H34N2O4Si3/c1-13(2)15(19)17-9-7-11-23-21-24-22-25(5,6)12-8-10-18-16(20)14(3)4/h1,3,7-12,23-24H2,2,4-6H3,(H,17,19)(H,18,20). The van der Waals surface area contributed by atoms with Crippen LogP contribution in [0.1, 0.15) is 26.7 Å². The molecule has 6 nitrogen and oxygen atoms in total. The average Bonchev–Trinajstić information content (AvgIpc) is 2.53. The van der Waals surface area contributed by atoms with Gasteiger partial charge in [-0.25, -0.2) is 0 Å². The van der Waals surface area contributed by atoms with Crippen LogP contribution >= 0.6 is 0 Å². The van der Waals surface area contributed by atoms with Gasteiger partial charge in [0.25, 0.3) is 10.0 Å². The molecule has 0 aromatic rings. The Morgan fingerprint density at radius 3 is 2.04 bits per heavy atom. The predicted octanol–water partition coefficient (Wildman–Crippen LogP) is 0.890. The van der Waals surface area contributed by atoms with Crippen LogP contribution in [-0.4, -0.2) is 53.0 Å². The molecule has 25 heavy (non-hydrogen) atoms. The van der Waals surface area contributed by atoms with E-state index in [0.29, 0.717) is 24.2 Å². The van der Waals surface area contributed by atoms with Gasteiger partial charge in [0.15, 0.2) is 8.32 Å². The average molecular weight is 403 g/mol. The molecule has 0 saturated heterocycles. The van der Waals surface area contributed by atoms with Gasteiger partial charge >= 0.3 is 0 Å². The van der Waals surface area contributed by atoms with Crippen molar-refractivity contribution >= 4 is 39.9 Å². The summed E-state index contributed by atoms with van der Waals surface area (Å²) in [5.41, 5.74) is 1.08. The zero-order valence-corrected chi connectivity index (χ0v) is 20.0. The van der Waals surface area contributed by atoms with E-state index >= 15 is 0 Å². The zero-order valence-electron chi connectivity index (χ0n) is 16.2. The van der Waals surface area contributed by atoms with Crippen LogP contribution in [0.5, 0.6) is 0 Å². The summed E-state index contributed by atoms with van der Waals surface area (Å²) in [6.45, 7) is 16.4. The van der Waals surface area contributed by atoms with E-state index in [-0.39, 0.29) is 11.8 Å². The van der Waals surface area contributed by atoms with Gasteiger partial charge in [0, 0.05) is 24.2 Å². The number of rotatable bonds is 14. The lowest BCUT2D eigenvalue weighted by molar-refractivity contribution is -0.118. The number of hydrogen-bond acceptors (Lipinski definition) is 4. The molecule has 0 heterocycles. The summed E-state index contributed by atoms with van der Waals surface area (Å²) in [7, 11) is -3.13. The molecule has 0 unspecified atom stereocenters. The van der Waals surface area contributed by atoms with Crippen LogP contribution in [0.15, 0.2) is 24.3 Å². The topological polar surface area (TPSA) is 76.7 Å². The van der Waals surface area contributed by atoms with E-state index in [4.69, 9.17) is 8.23 Å². The lowest BCUT2D eigenvalue weighted by Gasteiger charge is -2.23. The van der Waals surface area contributed by atoms with E-state index in [1.807, 2.05) is 0 Å². The Morgan fingerprint density at radius 1 is 1.00 bits per heavy atom. The van der Waals surface area contributed by atoms with E-state index in [1.54, 1.807) is 13.8 Å². The fourth-order valence-electron chi connectivity index (χ4n) is 1.88. The van der Waals surface area contributed by atoms with Gasteiger partial charge in [0.2, 0.25) is 11.8 Å². The van der Waals surface area contributed by atoms with Crippen molar-refractivity contribution in [1.82, 2.24) is 10.6 Å². The van der Waals surface area contributed by atoms with Crippen molar-refractivity contribution in [2.45, 2.75) is 51.9 Å². The second-order valence-corrected chi connectivity index (χ2v) is 15.0. The van der Waals surface area contributed by atoms with Gasteiger partial charge in [-0.05, 0) is 51.9 Å². The highest BCUT2D eigenvalue weighted by Gasteiger charge is 2.21. The summed E-state index contributed by atoms with van der Waals surface area (Å²) in [4.78, 5) is 22.7. The smallest absolute Gasteiger partial charge is 0.283 e. The Hall–Kier alpha value is -1.01. The van der Waals surface area contributed by atoms with Crippen molar-refractivity contribution in [2.75, 3.05) is 13.1 Å². The number of nitrogens with one attached hydrogen (secondary N) is 2. The highest BCUT2D eigenvalue weighted by Crippen LogP contribution is 2.12. The Bertz CT molecular complexity index is 470. The Morgan fingerprint density at radius 2 is 1.52 bits per heavy atom. The van der Waals surface area contributed by atoms with Crippen LogP contribution in [-0.2, 0) is 17.8 Å². The van der Waals surface area contributed by atoms with Gasteiger partial charge in [0.1, 0.15) is 9.76 Å². The maximum Gasteiger partial charge on any atom is 0.283 e. The molecule has 0 radical (unpaired) electrons.